The molecule has 0 amide bonds. The highest BCUT2D eigenvalue weighted by Crippen LogP contribution is 2.35. The number of rotatable bonds is 4. The minimum Gasteiger partial charge on any atom is -0.330 e. The lowest BCUT2D eigenvalue weighted by Crippen LogP contribution is -2.53. The van der Waals surface area contributed by atoms with E-state index in [0.717, 1.165) is 12.5 Å². The van der Waals surface area contributed by atoms with Crippen LogP contribution in [0.4, 0.5) is 0 Å². The molecule has 0 heterocycles. The summed E-state index contributed by atoms with van der Waals surface area (Å²) < 4.78 is 0. The van der Waals surface area contributed by atoms with Crippen LogP contribution in [-0.4, -0.2) is 15.0 Å². The Bertz CT molecular complexity index is 630. The molecule has 1 unspecified atom stereocenters. The summed E-state index contributed by atoms with van der Waals surface area (Å²) in [5, 5.41) is 3.32. The van der Waals surface area contributed by atoms with Gasteiger partial charge in [-0.3, -0.25) is 0 Å². The predicted octanol–water partition coefficient (Wildman–Crippen LogP) is 4.69. The Morgan fingerprint density at radius 3 is 2.42 bits per heavy atom. The summed E-state index contributed by atoms with van der Waals surface area (Å²) >= 11 is 0. The van der Waals surface area contributed by atoms with Crippen LogP contribution in [0.2, 0.25) is 0 Å². The van der Waals surface area contributed by atoms with E-state index in [1.54, 1.807) is 16.0 Å². The number of hydrogen-bond donors (Lipinski definition) is 1. The molecule has 0 saturated heterocycles. The fourth-order valence-electron chi connectivity index (χ4n) is 4.32. The molecule has 0 bridgehead atoms. The molecule has 130 valence electrons. The number of allylic oxidation sites excluding steroid dienone is 4. The molecule has 1 atom stereocenters. The highest BCUT2D eigenvalue weighted by molar-refractivity contribution is 6.78. The molecular formula is C22H33NSi. The molecule has 2 aliphatic carbocycles. The van der Waals surface area contributed by atoms with Gasteiger partial charge in [-0.05, 0) is 42.4 Å². The molecular weight excluding hydrogens is 306 g/mol. The zero-order valence-corrected chi connectivity index (χ0v) is 17.0. The van der Waals surface area contributed by atoms with Crippen molar-refractivity contribution in [2.24, 2.45) is 5.41 Å². The van der Waals surface area contributed by atoms with E-state index in [1.807, 2.05) is 0 Å². The molecule has 2 heteroatoms. The van der Waals surface area contributed by atoms with Crippen LogP contribution in [0.3, 0.4) is 0 Å². The van der Waals surface area contributed by atoms with E-state index in [2.05, 4.69) is 69.1 Å². The Morgan fingerprint density at radius 2 is 1.75 bits per heavy atom. The molecule has 0 spiro atoms. The van der Waals surface area contributed by atoms with Crippen LogP contribution in [0.1, 0.15) is 64.9 Å². The van der Waals surface area contributed by atoms with Crippen LogP contribution in [0.5, 0.6) is 0 Å². The highest BCUT2D eigenvalue weighted by atomic mass is 28.3. The minimum atomic E-state index is -1.35. The third kappa shape index (κ3) is 3.92. The van der Waals surface area contributed by atoms with Gasteiger partial charge >= 0.3 is 0 Å². The second kappa shape index (κ2) is 7.41. The molecule has 1 fully saturated rings. The summed E-state index contributed by atoms with van der Waals surface area (Å²) in [6.45, 7) is 9.38. The lowest BCUT2D eigenvalue weighted by atomic mass is 9.87. The van der Waals surface area contributed by atoms with E-state index >= 15 is 0 Å². The molecule has 24 heavy (non-hydrogen) atoms. The van der Waals surface area contributed by atoms with Crippen molar-refractivity contribution < 1.29 is 0 Å². The molecule has 0 radical (unpaired) electrons. The van der Waals surface area contributed by atoms with E-state index in [-0.39, 0.29) is 5.41 Å². The molecule has 2 aliphatic rings. The van der Waals surface area contributed by atoms with Crippen molar-refractivity contribution >= 4 is 14.1 Å². The average Bonchev–Trinajstić information content (AvgIpc) is 3.04. The van der Waals surface area contributed by atoms with Crippen molar-refractivity contribution in [2.45, 2.75) is 72.3 Å². The van der Waals surface area contributed by atoms with Crippen molar-refractivity contribution in [1.29, 1.82) is 0 Å². The molecule has 1 aromatic rings. The zero-order valence-electron chi connectivity index (χ0n) is 15.9. The van der Waals surface area contributed by atoms with Crippen LogP contribution in [0.15, 0.2) is 47.2 Å². The third-order valence-corrected chi connectivity index (χ3v) is 8.95. The van der Waals surface area contributed by atoms with E-state index in [1.165, 1.54) is 37.7 Å². The van der Waals surface area contributed by atoms with Crippen molar-refractivity contribution in [2.75, 3.05) is 0 Å². The first-order chi connectivity index (χ1) is 11.5. The largest absolute Gasteiger partial charge is 0.330 e. The van der Waals surface area contributed by atoms with E-state index in [0.29, 0.717) is 0 Å². The summed E-state index contributed by atoms with van der Waals surface area (Å²) in [5.41, 5.74) is 3.29. The first kappa shape index (κ1) is 17.7. The van der Waals surface area contributed by atoms with E-state index in [9.17, 15) is 0 Å². The Labute approximate surface area is 149 Å². The van der Waals surface area contributed by atoms with Crippen LogP contribution >= 0.6 is 0 Å². The molecule has 0 aromatic heterocycles. The molecule has 1 nitrogen and oxygen atoms in total. The van der Waals surface area contributed by atoms with Crippen molar-refractivity contribution in [3.63, 3.8) is 0 Å². The topological polar surface area (TPSA) is 12.0 Å². The first-order valence-electron chi connectivity index (χ1n) is 9.68. The van der Waals surface area contributed by atoms with Gasteiger partial charge < -0.3 is 4.98 Å². The quantitative estimate of drug-likeness (QED) is 0.785. The van der Waals surface area contributed by atoms with Crippen LogP contribution in [-0.2, 0) is 0 Å². The zero-order chi connectivity index (χ0) is 17.2. The maximum absolute atomic E-state index is 4.20. The fourth-order valence-corrected chi connectivity index (χ4v) is 7.95. The second-order valence-electron chi connectivity index (χ2n) is 8.59. The maximum Gasteiger partial charge on any atom is 0.170 e. The van der Waals surface area contributed by atoms with Crippen LogP contribution < -0.4 is 10.2 Å². The van der Waals surface area contributed by atoms with E-state index < -0.39 is 8.96 Å². The first-order valence-corrected chi connectivity index (χ1v) is 11.4. The van der Waals surface area contributed by atoms with Crippen molar-refractivity contribution in [3.8, 4) is 0 Å². The van der Waals surface area contributed by atoms with Gasteiger partial charge in [-0.25, -0.2) is 0 Å². The maximum atomic E-state index is 4.20. The summed E-state index contributed by atoms with van der Waals surface area (Å²) in [4.78, 5) is 4.20. The van der Waals surface area contributed by atoms with Gasteiger partial charge in [-0.15, -0.1) is 0 Å². The normalized spacial score (nSPS) is 20.7. The second-order valence-corrected chi connectivity index (χ2v) is 11.1. The molecule has 0 aliphatic heterocycles. The Kier molecular flexibility index (Phi) is 5.46. The summed E-state index contributed by atoms with van der Waals surface area (Å²) in [6.07, 6.45) is 12.9. The monoisotopic (exact) mass is 339 g/mol. The lowest BCUT2D eigenvalue weighted by molar-refractivity contribution is 0.417. The van der Waals surface area contributed by atoms with E-state index in [4.69, 9.17) is 0 Å². The Hall–Kier alpha value is -1.12. The number of benzene rings is 1. The number of aryl methyl sites for hydroxylation is 1. The van der Waals surface area contributed by atoms with Crippen LogP contribution in [0, 0.1) is 12.3 Å². The van der Waals surface area contributed by atoms with Crippen molar-refractivity contribution in [3.05, 3.63) is 52.8 Å². The summed E-state index contributed by atoms with van der Waals surface area (Å²) in [5.74, 6) is 0. The molecule has 1 saturated carbocycles. The standard InChI is InChI=1S/C22H33NSi/c1-17-11-8-9-15-20(17)24(23-18-12-6-5-7-13-18)21-16-10-14-19(21)22(2,3)4/h8-11,14-15,18,23-24H,5-7,12-13,16H2,1-4H3. The lowest BCUT2D eigenvalue weighted by Gasteiger charge is -2.32. The minimum absolute atomic E-state index is 0.241. The van der Waals surface area contributed by atoms with Gasteiger partial charge in [-0.2, -0.15) is 0 Å². The smallest absolute Gasteiger partial charge is 0.170 e. The summed E-state index contributed by atoms with van der Waals surface area (Å²) in [7, 11) is -1.35. The Morgan fingerprint density at radius 1 is 1.04 bits per heavy atom. The number of nitrogens with one attached hydrogen (secondary N) is 1. The highest BCUT2D eigenvalue weighted by Gasteiger charge is 2.31. The van der Waals surface area contributed by atoms with Gasteiger partial charge in [0.15, 0.2) is 8.96 Å². The SMILES string of the molecule is Cc1ccccc1[SiH](NC1CCCCC1)C1=C(C(C)(C)C)C=CC1. The number of hydrogen-bond acceptors (Lipinski definition) is 1. The Balaban J connectivity index is 1.97. The van der Waals surface area contributed by atoms with Gasteiger partial charge in [0.1, 0.15) is 0 Å². The van der Waals surface area contributed by atoms with Crippen LogP contribution in [0.25, 0.3) is 0 Å². The van der Waals surface area contributed by atoms with Crippen molar-refractivity contribution in [1.82, 2.24) is 4.98 Å². The van der Waals surface area contributed by atoms with Gasteiger partial charge in [0.2, 0.25) is 0 Å². The average molecular weight is 340 g/mol. The van der Waals surface area contributed by atoms with Gasteiger partial charge in [0, 0.05) is 6.04 Å². The molecule has 1 aromatic carbocycles. The fraction of sp³-hybridized carbons (Fsp3) is 0.545. The third-order valence-electron chi connectivity index (χ3n) is 5.63. The van der Waals surface area contributed by atoms with Gasteiger partial charge in [0.05, 0.1) is 0 Å². The van der Waals surface area contributed by atoms with Gasteiger partial charge in [0.25, 0.3) is 0 Å². The molecule has 1 N–H and O–H groups in total. The molecule has 3 rings (SSSR count). The van der Waals surface area contributed by atoms with Gasteiger partial charge in [-0.1, -0.05) is 87.2 Å². The summed E-state index contributed by atoms with van der Waals surface area (Å²) in [6, 6.07) is 9.80. The predicted molar refractivity (Wildman–Crippen MR) is 108 cm³/mol.